The Bertz CT molecular complexity index is 4090. The number of hydrogen-bond donors (Lipinski definition) is 5. The smallest absolute Gasteiger partial charge is 0.131 e. The van der Waals surface area contributed by atoms with Crippen LogP contribution in [-0.4, -0.2) is 54.8 Å². The number of nitrogens with one attached hydrogen (secondary N) is 5. The van der Waals surface area contributed by atoms with Crippen LogP contribution in [0.3, 0.4) is 0 Å². The Morgan fingerprint density at radius 2 is 0.644 bits per heavy atom. The average molecular weight is 1180 g/mol. The summed E-state index contributed by atoms with van der Waals surface area (Å²) in [4.78, 5) is 47.0. The molecule has 0 aliphatic heterocycles. The molecule has 11 heterocycles. The van der Waals surface area contributed by atoms with Crippen LogP contribution in [0.4, 0.5) is 57.0 Å². The van der Waals surface area contributed by atoms with Gasteiger partial charge in [-0.3, -0.25) is 49.8 Å². The van der Waals surface area contributed by atoms with Crippen molar-refractivity contribution in [2.75, 3.05) is 26.6 Å². The van der Waals surface area contributed by atoms with Crippen molar-refractivity contribution in [1.29, 1.82) is 0 Å². The van der Waals surface area contributed by atoms with Gasteiger partial charge in [0.05, 0.1) is 93.4 Å². The lowest BCUT2D eigenvalue weighted by molar-refractivity contribution is 1.20. The van der Waals surface area contributed by atoms with Crippen LogP contribution in [0.2, 0.25) is 0 Å². The number of aromatic nitrogens is 11. The van der Waals surface area contributed by atoms with Gasteiger partial charge in [0.25, 0.3) is 0 Å². The Morgan fingerprint density at radius 1 is 0.222 bits per heavy atom. The second kappa shape index (κ2) is 29.3. The number of benzene rings is 4. The van der Waals surface area contributed by atoms with Crippen LogP contribution in [0.25, 0.3) is 54.4 Å². The molecule has 16 nitrogen and oxygen atoms in total. The topological polar surface area (TPSA) is 202 Å². The van der Waals surface area contributed by atoms with Crippen molar-refractivity contribution in [2.45, 2.75) is 34.6 Å². The number of hydrogen-bond acceptors (Lipinski definition) is 16. The van der Waals surface area contributed by atoms with Gasteiger partial charge in [0.2, 0.25) is 0 Å². The SMILES string of the molecule is Cc1ccc(Nc2ccc3cccnc3c2)cn1.Cc1ccc(Nc2ccc3ccncc3c2)cn1.Cc1ccc(Nc2ccc3cnccc3c2)cn1.Cc1ccc(Nc2ccc3ncccc3n2)cn1.Cc1ccc(Nc2cnc3ccccc3c2)cn1. The van der Waals surface area contributed by atoms with Crippen molar-refractivity contribution in [3.8, 4) is 0 Å². The predicted octanol–water partition coefficient (Wildman–Crippen LogP) is 17.8. The third-order valence-corrected chi connectivity index (χ3v) is 13.9. The second-order valence-electron chi connectivity index (χ2n) is 21.0. The minimum absolute atomic E-state index is 0.793. The van der Waals surface area contributed by atoms with Gasteiger partial charge in [-0.2, -0.15) is 0 Å². The van der Waals surface area contributed by atoms with Crippen LogP contribution < -0.4 is 26.6 Å². The third-order valence-electron chi connectivity index (χ3n) is 13.9. The van der Waals surface area contributed by atoms with E-state index in [0.717, 1.165) is 129 Å². The van der Waals surface area contributed by atoms with E-state index in [4.69, 9.17) is 0 Å². The van der Waals surface area contributed by atoms with Gasteiger partial charge in [0.1, 0.15) is 5.82 Å². The number of nitrogens with zero attached hydrogens (tertiary/aromatic N) is 11. The van der Waals surface area contributed by atoms with Crippen molar-refractivity contribution in [3.63, 3.8) is 0 Å². The Morgan fingerprint density at radius 3 is 1.22 bits per heavy atom. The van der Waals surface area contributed by atoms with Gasteiger partial charge in [-0.15, -0.1) is 0 Å². The Balaban J connectivity index is 0.000000116. The lowest BCUT2D eigenvalue weighted by atomic mass is 10.1. The van der Waals surface area contributed by atoms with Gasteiger partial charge in [0, 0.05) is 104 Å². The molecule has 11 aromatic heterocycles. The maximum absolute atomic E-state index is 4.49. The van der Waals surface area contributed by atoms with E-state index in [0.29, 0.717) is 0 Å². The summed E-state index contributed by atoms with van der Waals surface area (Å²) >= 11 is 0. The quantitative estimate of drug-likeness (QED) is 0.0864. The fraction of sp³-hybridized carbons (Fsp3) is 0.0676. The van der Waals surface area contributed by atoms with Crippen molar-refractivity contribution in [3.05, 3.63) is 297 Å². The van der Waals surface area contributed by atoms with Crippen molar-refractivity contribution >= 4 is 111 Å². The van der Waals surface area contributed by atoms with Gasteiger partial charge >= 0.3 is 0 Å². The first-order valence-electron chi connectivity index (χ1n) is 29.1. The molecule has 0 saturated carbocycles. The monoisotopic (exact) mass is 1180 g/mol. The molecule has 0 atom stereocenters. The first kappa shape index (κ1) is 59.6. The van der Waals surface area contributed by atoms with Gasteiger partial charge in [-0.25, -0.2) is 4.98 Å². The molecule has 0 fully saturated rings. The van der Waals surface area contributed by atoms with Crippen LogP contribution in [0.1, 0.15) is 28.5 Å². The van der Waals surface area contributed by atoms with Crippen LogP contribution in [0.5, 0.6) is 0 Å². The van der Waals surface area contributed by atoms with E-state index in [9.17, 15) is 0 Å². The molecule has 440 valence electrons. The van der Waals surface area contributed by atoms with E-state index in [1.54, 1.807) is 31.0 Å². The number of rotatable bonds is 10. The fourth-order valence-corrected chi connectivity index (χ4v) is 9.16. The Labute approximate surface area is 521 Å². The molecule has 16 heteroatoms. The van der Waals surface area contributed by atoms with E-state index in [1.165, 1.54) is 10.8 Å². The molecule has 15 aromatic rings. The molecule has 4 aromatic carbocycles. The average Bonchev–Trinajstić information content (AvgIpc) is 3.28. The number of anilines is 10. The summed E-state index contributed by atoms with van der Waals surface area (Å²) in [6.45, 7) is 9.87. The minimum atomic E-state index is 0.793. The molecule has 0 aliphatic rings. The van der Waals surface area contributed by atoms with Crippen LogP contribution in [0.15, 0.2) is 268 Å². The normalized spacial score (nSPS) is 10.5. The summed E-state index contributed by atoms with van der Waals surface area (Å²) in [5.74, 6) is 0.793. The number of fused-ring (bicyclic) bond motifs is 5. The maximum Gasteiger partial charge on any atom is 0.131 e. The zero-order valence-electron chi connectivity index (χ0n) is 50.3. The molecule has 90 heavy (non-hydrogen) atoms. The van der Waals surface area contributed by atoms with Crippen molar-refractivity contribution in [1.82, 2.24) is 54.8 Å². The summed E-state index contributed by atoms with van der Waals surface area (Å²) in [6.07, 6.45) is 21.9. The molecule has 0 spiro atoms. The largest absolute Gasteiger partial charge is 0.354 e. The highest BCUT2D eigenvalue weighted by atomic mass is 15.0. The highest BCUT2D eigenvalue weighted by molar-refractivity contribution is 5.88. The Hall–Kier alpha value is -12.2. The minimum Gasteiger partial charge on any atom is -0.354 e. The second-order valence-corrected chi connectivity index (χ2v) is 21.0. The molecule has 15 rings (SSSR count). The van der Waals surface area contributed by atoms with Gasteiger partial charge in [-0.1, -0.05) is 42.5 Å². The lowest BCUT2D eigenvalue weighted by Crippen LogP contribution is -1.95. The zero-order chi connectivity index (χ0) is 61.9. The fourth-order valence-electron chi connectivity index (χ4n) is 9.16. The summed E-state index contributed by atoms with van der Waals surface area (Å²) in [5.41, 5.74) is 17.8. The number of pyridine rings is 11. The summed E-state index contributed by atoms with van der Waals surface area (Å²) < 4.78 is 0. The van der Waals surface area contributed by atoms with Gasteiger partial charge in [0.15, 0.2) is 0 Å². The van der Waals surface area contributed by atoms with Crippen LogP contribution in [0, 0.1) is 34.6 Å². The van der Waals surface area contributed by atoms with Crippen molar-refractivity contribution in [2.24, 2.45) is 0 Å². The molecule has 0 bridgehead atoms. The number of para-hydroxylation sites is 1. The van der Waals surface area contributed by atoms with E-state index >= 15 is 0 Å². The molecule has 0 aliphatic carbocycles. The summed E-state index contributed by atoms with van der Waals surface area (Å²) in [5, 5.41) is 23.4. The predicted molar refractivity (Wildman–Crippen MR) is 368 cm³/mol. The standard InChI is InChI=1S/4C15H13N3.C14H12N4/c1-11-2-4-15(10-17-11)18-14-5-3-13-9-16-7-6-12(13)8-14;1-11-2-4-15(10-17-11)18-14-5-3-12-6-7-16-9-13(12)8-14;1-11-4-6-14(10-17-11)18-13-7-5-12-3-2-8-16-15(12)9-13;1-11-6-7-13(9-16-11)18-14-8-12-4-2-3-5-15(12)17-10-14;1-10-4-5-11(9-16-10)17-14-7-6-12-13(18-14)3-2-8-15-12/h4*2-10,18H,1H3;2-9H,1H3,(H,17,18). The van der Waals surface area contributed by atoms with Crippen LogP contribution in [-0.2, 0) is 0 Å². The van der Waals surface area contributed by atoms with E-state index in [2.05, 4.69) is 136 Å². The van der Waals surface area contributed by atoms with E-state index in [1.807, 2.05) is 218 Å². The Kier molecular flexibility index (Phi) is 19.4. The zero-order valence-corrected chi connectivity index (χ0v) is 50.3. The maximum atomic E-state index is 4.49. The van der Waals surface area contributed by atoms with Gasteiger partial charge < -0.3 is 26.6 Å². The molecule has 0 saturated heterocycles. The summed E-state index contributed by atoms with van der Waals surface area (Å²) in [7, 11) is 0. The molecule has 0 amide bonds. The summed E-state index contributed by atoms with van der Waals surface area (Å²) in [6, 6.07) is 64.4. The van der Waals surface area contributed by atoms with Gasteiger partial charge in [-0.05, 0) is 197 Å². The highest BCUT2D eigenvalue weighted by Crippen LogP contribution is 2.26. The third kappa shape index (κ3) is 17.0. The molecule has 0 unspecified atom stereocenters. The molecular formula is C74H64N16. The van der Waals surface area contributed by atoms with E-state index < -0.39 is 0 Å². The molecule has 5 N–H and O–H groups in total. The molecular weight excluding hydrogens is 1110 g/mol. The van der Waals surface area contributed by atoms with E-state index in [-0.39, 0.29) is 0 Å². The lowest BCUT2D eigenvalue weighted by Gasteiger charge is -2.07. The number of aryl methyl sites for hydroxylation is 5. The highest BCUT2D eigenvalue weighted by Gasteiger charge is 2.04. The molecule has 0 radical (unpaired) electrons. The van der Waals surface area contributed by atoms with Crippen molar-refractivity contribution < 1.29 is 0 Å². The first-order chi connectivity index (χ1) is 44.0. The van der Waals surface area contributed by atoms with Crippen LogP contribution >= 0.6 is 0 Å². The first-order valence-corrected chi connectivity index (χ1v) is 29.1.